The smallest absolute Gasteiger partial charge is 0.144 e. The third kappa shape index (κ3) is 6.77. The highest BCUT2D eigenvalue weighted by atomic mass is 32.1. The molecule has 2 heterocycles. The fourth-order valence-corrected chi connectivity index (χ4v) is 6.79. The summed E-state index contributed by atoms with van der Waals surface area (Å²) in [6, 6.07) is 19.6. The van der Waals surface area contributed by atoms with E-state index < -0.39 is 0 Å². The van der Waals surface area contributed by atoms with Gasteiger partial charge in [0.1, 0.15) is 31.6 Å². The van der Waals surface area contributed by atoms with Crippen LogP contribution in [0.3, 0.4) is 0 Å². The van der Waals surface area contributed by atoms with Gasteiger partial charge in [0.15, 0.2) is 0 Å². The number of benzene rings is 2. The average Bonchev–Trinajstić information content (AvgIpc) is 3.62. The highest BCUT2D eigenvalue weighted by Crippen LogP contribution is 2.41. The van der Waals surface area contributed by atoms with Crippen molar-refractivity contribution in [3.8, 4) is 0 Å². The molecule has 2 atom stereocenters. The van der Waals surface area contributed by atoms with Gasteiger partial charge in [0.25, 0.3) is 0 Å². The Morgan fingerprint density at radius 2 is 1.22 bits per heavy atom. The molecular weight excluding hydrogens is 488 g/mol. The van der Waals surface area contributed by atoms with E-state index in [0.717, 1.165) is 56.8 Å². The number of carbonyl (C=O) groups is 2. The molecule has 184 valence electrons. The van der Waals surface area contributed by atoms with Crippen LogP contribution in [0.15, 0.2) is 60.7 Å². The molecule has 4 aromatic rings. The molecule has 0 N–H and O–H groups in total. The van der Waals surface area contributed by atoms with E-state index in [-0.39, 0.29) is 11.6 Å². The van der Waals surface area contributed by atoms with Gasteiger partial charge in [-0.3, -0.25) is 9.59 Å². The summed E-state index contributed by atoms with van der Waals surface area (Å²) in [4.78, 5) is 24.8. The van der Waals surface area contributed by atoms with Crippen molar-refractivity contribution >= 4 is 34.2 Å². The molecule has 5 rings (SSSR count). The molecular formula is C28H28N4O2S2. The maximum absolute atomic E-state index is 12.4. The fourth-order valence-electron chi connectivity index (χ4n) is 4.79. The van der Waals surface area contributed by atoms with Gasteiger partial charge in [0.2, 0.25) is 0 Å². The molecule has 0 aliphatic heterocycles. The van der Waals surface area contributed by atoms with E-state index in [1.165, 1.54) is 0 Å². The van der Waals surface area contributed by atoms with Crippen molar-refractivity contribution in [1.82, 2.24) is 20.4 Å². The van der Waals surface area contributed by atoms with Gasteiger partial charge >= 0.3 is 0 Å². The van der Waals surface area contributed by atoms with Crippen LogP contribution in [0.25, 0.3) is 0 Å². The standard InChI is InChI=1S/C28H28N4O2S2/c33-23(14-19-7-3-1-4-8-19)17-26-30-29-25(35-26)16-21-11-12-22(13-21)28-32-31-27(36-28)18-24(34)15-20-9-5-2-6-10-20/h1-10,21-22H,11-18H2/t21-,22+/m1/s1. The maximum Gasteiger partial charge on any atom is 0.144 e. The first-order chi connectivity index (χ1) is 17.6. The fraction of sp³-hybridized carbons (Fsp3) is 0.357. The maximum atomic E-state index is 12.4. The van der Waals surface area contributed by atoms with Gasteiger partial charge in [-0.15, -0.1) is 43.1 Å². The lowest BCUT2D eigenvalue weighted by Gasteiger charge is -2.06. The molecule has 1 saturated carbocycles. The second-order valence-electron chi connectivity index (χ2n) is 9.46. The monoisotopic (exact) mass is 516 g/mol. The van der Waals surface area contributed by atoms with Gasteiger partial charge in [-0.25, -0.2) is 0 Å². The van der Waals surface area contributed by atoms with Crippen LogP contribution in [-0.4, -0.2) is 32.0 Å². The van der Waals surface area contributed by atoms with Crippen LogP contribution in [0, 0.1) is 5.92 Å². The predicted octanol–water partition coefficient (Wildman–Crippen LogP) is 5.22. The first kappa shape index (κ1) is 24.6. The predicted molar refractivity (Wildman–Crippen MR) is 141 cm³/mol. The van der Waals surface area contributed by atoms with Gasteiger partial charge in [-0.05, 0) is 36.3 Å². The van der Waals surface area contributed by atoms with E-state index in [9.17, 15) is 9.59 Å². The van der Waals surface area contributed by atoms with E-state index in [4.69, 9.17) is 0 Å². The number of hydrogen-bond donors (Lipinski definition) is 0. The van der Waals surface area contributed by atoms with Gasteiger partial charge in [0, 0.05) is 25.2 Å². The summed E-state index contributed by atoms with van der Waals surface area (Å²) >= 11 is 3.14. The summed E-state index contributed by atoms with van der Waals surface area (Å²) in [6.45, 7) is 0. The van der Waals surface area contributed by atoms with Gasteiger partial charge in [-0.2, -0.15) is 0 Å². The van der Waals surface area contributed by atoms with Crippen LogP contribution in [0.4, 0.5) is 0 Å². The van der Waals surface area contributed by atoms with Crippen molar-refractivity contribution in [2.45, 2.75) is 57.3 Å². The van der Waals surface area contributed by atoms with E-state index in [2.05, 4.69) is 20.4 Å². The number of rotatable bonds is 11. The Morgan fingerprint density at radius 3 is 1.86 bits per heavy atom. The minimum absolute atomic E-state index is 0.166. The molecule has 0 radical (unpaired) electrons. The minimum atomic E-state index is 0.166. The highest BCUT2D eigenvalue weighted by molar-refractivity contribution is 7.11. The molecule has 0 spiro atoms. The Bertz CT molecular complexity index is 1300. The zero-order chi connectivity index (χ0) is 24.7. The van der Waals surface area contributed by atoms with Crippen LogP contribution in [0.2, 0.25) is 0 Å². The Kier molecular flexibility index (Phi) is 8.03. The number of ketones is 2. The molecule has 8 heteroatoms. The van der Waals surface area contributed by atoms with Crippen molar-refractivity contribution in [3.05, 3.63) is 91.8 Å². The van der Waals surface area contributed by atoms with E-state index in [1.54, 1.807) is 22.7 Å². The van der Waals surface area contributed by atoms with Gasteiger partial charge < -0.3 is 0 Å². The first-order valence-corrected chi connectivity index (χ1v) is 14.0. The minimum Gasteiger partial charge on any atom is -0.299 e. The lowest BCUT2D eigenvalue weighted by Crippen LogP contribution is -2.06. The quantitative estimate of drug-likeness (QED) is 0.272. The Morgan fingerprint density at radius 1 is 0.667 bits per heavy atom. The van der Waals surface area contributed by atoms with Crippen LogP contribution < -0.4 is 0 Å². The number of carbonyl (C=O) groups excluding carboxylic acids is 2. The Balaban J connectivity index is 1.09. The third-order valence-corrected chi connectivity index (χ3v) is 8.56. The number of aromatic nitrogens is 4. The molecule has 0 saturated heterocycles. The van der Waals surface area contributed by atoms with Gasteiger partial charge in [0.05, 0.1) is 12.8 Å². The van der Waals surface area contributed by atoms with E-state index in [1.807, 2.05) is 60.7 Å². The largest absolute Gasteiger partial charge is 0.299 e. The second kappa shape index (κ2) is 11.8. The van der Waals surface area contributed by atoms with Gasteiger partial charge in [-0.1, -0.05) is 60.7 Å². The summed E-state index contributed by atoms with van der Waals surface area (Å²) in [7, 11) is 0. The molecule has 1 fully saturated rings. The number of nitrogens with zero attached hydrogens (tertiary/aromatic N) is 4. The average molecular weight is 517 g/mol. The zero-order valence-corrected chi connectivity index (χ0v) is 21.6. The van der Waals surface area contributed by atoms with Crippen LogP contribution in [0.5, 0.6) is 0 Å². The van der Waals surface area contributed by atoms with Crippen molar-refractivity contribution in [2.75, 3.05) is 0 Å². The summed E-state index contributed by atoms with van der Waals surface area (Å²) in [5.41, 5.74) is 2.07. The second-order valence-corrected chi connectivity index (χ2v) is 11.7. The van der Waals surface area contributed by atoms with Crippen molar-refractivity contribution in [1.29, 1.82) is 0 Å². The molecule has 36 heavy (non-hydrogen) atoms. The summed E-state index contributed by atoms with van der Waals surface area (Å²) < 4.78 is 0. The summed E-state index contributed by atoms with van der Waals surface area (Å²) in [6.07, 6.45) is 5.70. The molecule has 0 unspecified atom stereocenters. The summed E-state index contributed by atoms with van der Waals surface area (Å²) in [5.74, 6) is 1.26. The van der Waals surface area contributed by atoms with E-state index in [0.29, 0.717) is 37.5 Å². The Hall–Kier alpha value is -3.10. The zero-order valence-electron chi connectivity index (χ0n) is 20.0. The first-order valence-electron chi connectivity index (χ1n) is 12.4. The summed E-state index contributed by atoms with van der Waals surface area (Å²) in [5, 5.41) is 21.0. The van der Waals surface area contributed by atoms with Crippen LogP contribution in [0.1, 0.15) is 56.3 Å². The number of hydrogen-bond acceptors (Lipinski definition) is 8. The normalized spacial score (nSPS) is 17.3. The molecule has 0 amide bonds. The molecule has 2 aromatic heterocycles. The molecule has 0 bridgehead atoms. The molecule has 1 aliphatic rings. The van der Waals surface area contributed by atoms with Crippen molar-refractivity contribution in [3.63, 3.8) is 0 Å². The van der Waals surface area contributed by atoms with Crippen molar-refractivity contribution < 1.29 is 9.59 Å². The number of Topliss-reactive ketones (excluding diaryl/α,β-unsaturated/α-hetero) is 2. The van der Waals surface area contributed by atoms with E-state index >= 15 is 0 Å². The lowest BCUT2D eigenvalue weighted by molar-refractivity contribution is -0.118. The van der Waals surface area contributed by atoms with Crippen LogP contribution >= 0.6 is 22.7 Å². The molecule has 6 nitrogen and oxygen atoms in total. The highest BCUT2D eigenvalue weighted by Gasteiger charge is 2.29. The molecule has 1 aliphatic carbocycles. The topological polar surface area (TPSA) is 85.7 Å². The lowest BCUT2D eigenvalue weighted by atomic mass is 10.0. The SMILES string of the molecule is O=C(Cc1ccccc1)Cc1nnc(C[C@@H]2CC[C@H](c3nnc(CC(=O)Cc4ccccc4)s3)C2)s1. The molecule has 2 aromatic carbocycles. The van der Waals surface area contributed by atoms with Crippen LogP contribution in [-0.2, 0) is 41.7 Å². The Labute approximate surface area is 218 Å². The van der Waals surface area contributed by atoms with Crippen molar-refractivity contribution in [2.24, 2.45) is 5.92 Å². The third-order valence-electron chi connectivity index (χ3n) is 6.53.